The van der Waals surface area contributed by atoms with Crippen LogP contribution in [0.5, 0.6) is 0 Å². The minimum absolute atomic E-state index is 0.0404. The van der Waals surface area contributed by atoms with Gasteiger partial charge in [-0.05, 0) is 12.8 Å². The van der Waals surface area contributed by atoms with Gasteiger partial charge in [0, 0.05) is 28.3 Å². The third-order valence-electron chi connectivity index (χ3n) is 2.79. The van der Waals surface area contributed by atoms with Crippen molar-refractivity contribution in [3.05, 3.63) is 0 Å². The summed E-state index contributed by atoms with van der Waals surface area (Å²) in [5.74, 6) is -1.94. The Morgan fingerprint density at radius 3 is 2.27 bits per heavy atom. The molecule has 0 spiro atoms. The van der Waals surface area contributed by atoms with Crippen LogP contribution in [0.25, 0.3) is 0 Å². The normalized spacial score (nSPS) is 22.9. The van der Waals surface area contributed by atoms with Gasteiger partial charge in [0.05, 0.1) is 5.92 Å². The van der Waals surface area contributed by atoms with Crippen LogP contribution in [0, 0.1) is 5.92 Å². The van der Waals surface area contributed by atoms with Crippen LogP contribution in [0.4, 0.5) is 13.2 Å². The van der Waals surface area contributed by atoms with Gasteiger partial charge in [-0.2, -0.15) is 13.2 Å². The third-order valence-corrected chi connectivity index (χ3v) is 4.73. The molecule has 0 bridgehead atoms. The van der Waals surface area contributed by atoms with Gasteiger partial charge in [-0.25, -0.2) is 0 Å². The Kier molecular flexibility index (Phi) is 4.58. The van der Waals surface area contributed by atoms with Gasteiger partial charge in [0.25, 0.3) is 0 Å². The van der Waals surface area contributed by atoms with Gasteiger partial charge in [-0.3, -0.25) is 4.21 Å². The molecule has 0 aromatic rings. The van der Waals surface area contributed by atoms with Gasteiger partial charge >= 0.3 is 6.18 Å². The van der Waals surface area contributed by atoms with E-state index in [4.69, 9.17) is 5.73 Å². The van der Waals surface area contributed by atoms with Gasteiger partial charge in [0.15, 0.2) is 0 Å². The summed E-state index contributed by atoms with van der Waals surface area (Å²) < 4.78 is 48.7. The quantitative estimate of drug-likeness (QED) is 0.818. The molecule has 0 radical (unpaired) electrons. The van der Waals surface area contributed by atoms with E-state index in [1.165, 1.54) is 0 Å². The van der Waals surface area contributed by atoms with Crippen molar-refractivity contribution in [3.8, 4) is 0 Å². The van der Waals surface area contributed by atoms with Crippen molar-refractivity contribution >= 4 is 10.8 Å². The van der Waals surface area contributed by atoms with E-state index < -0.39 is 29.4 Å². The topological polar surface area (TPSA) is 43.1 Å². The lowest BCUT2D eigenvalue weighted by atomic mass is 10.2. The van der Waals surface area contributed by atoms with Crippen molar-refractivity contribution in [1.29, 1.82) is 0 Å². The Balaban J connectivity index is 2.47. The van der Waals surface area contributed by atoms with E-state index in [0.717, 1.165) is 25.7 Å². The first-order valence-electron chi connectivity index (χ1n) is 5.09. The monoisotopic (exact) mass is 243 g/mol. The zero-order valence-electron chi connectivity index (χ0n) is 8.43. The van der Waals surface area contributed by atoms with E-state index in [9.17, 15) is 17.4 Å². The molecule has 90 valence electrons. The van der Waals surface area contributed by atoms with Gasteiger partial charge < -0.3 is 5.73 Å². The standard InChI is InChI=1S/C9H16F3NOS/c10-9(11,12)7(5-13)6-15(14)8-3-1-2-4-8/h7-8H,1-6,13H2. The summed E-state index contributed by atoms with van der Waals surface area (Å²) in [6.07, 6.45) is -0.766. The van der Waals surface area contributed by atoms with Crippen LogP contribution in [-0.4, -0.2) is 27.9 Å². The Hall–Kier alpha value is -0.100. The van der Waals surface area contributed by atoms with Crippen molar-refractivity contribution < 1.29 is 17.4 Å². The molecular formula is C9H16F3NOS. The summed E-state index contributed by atoms with van der Waals surface area (Å²) in [4.78, 5) is 0. The number of hydrogen-bond donors (Lipinski definition) is 1. The molecule has 1 aliphatic carbocycles. The predicted molar refractivity (Wildman–Crippen MR) is 53.9 cm³/mol. The maximum atomic E-state index is 12.4. The fourth-order valence-corrected chi connectivity index (χ4v) is 3.63. The fourth-order valence-electron chi connectivity index (χ4n) is 1.78. The Labute approximate surface area is 89.9 Å². The molecule has 6 heteroatoms. The summed E-state index contributed by atoms with van der Waals surface area (Å²) in [5.41, 5.74) is 5.05. The molecule has 0 aromatic carbocycles. The molecule has 2 atom stereocenters. The Bertz CT molecular complexity index is 226. The largest absolute Gasteiger partial charge is 0.393 e. The van der Waals surface area contributed by atoms with Crippen LogP contribution in [-0.2, 0) is 10.8 Å². The van der Waals surface area contributed by atoms with Crippen molar-refractivity contribution in [1.82, 2.24) is 0 Å². The first-order valence-corrected chi connectivity index (χ1v) is 6.47. The molecule has 1 aliphatic rings. The van der Waals surface area contributed by atoms with Crippen LogP contribution >= 0.6 is 0 Å². The highest BCUT2D eigenvalue weighted by atomic mass is 32.2. The van der Waals surface area contributed by atoms with Crippen molar-refractivity contribution in [2.75, 3.05) is 12.3 Å². The predicted octanol–water partition coefficient (Wildman–Crippen LogP) is 1.81. The molecular weight excluding hydrogens is 227 g/mol. The van der Waals surface area contributed by atoms with E-state index in [0.29, 0.717) is 0 Å². The second-order valence-electron chi connectivity index (χ2n) is 3.93. The number of nitrogens with two attached hydrogens (primary N) is 1. The molecule has 15 heavy (non-hydrogen) atoms. The van der Waals surface area contributed by atoms with Crippen molar-refractivity contribution in [2.24, 2.45) is 11.7 Å². The molecule has 2 nitrogen and oxygen atoms in total. The summed E-state index contributed by atoms with van der Waals surface area (Å²) >= 11 is 0. The molecule has 0 heterocycles. The second-order valence-corrected chi connectivity index (χ2v) is 5.69. The average Bonchev–Trinajstić information content (AvgIpc) is 2.64. The highest BCUT2D eigenvalue weighted by molar-refractivity contribution is 7.85. The molecule has 1 rings (SSSR count). The molecule has 1 saturated carbocycles. The van der Waals surface area contributed by atoms with Crippen molar-refractivity contribution in [2.45, 2.75) is 37.1 Å². The molecule has 0 saturated heterocycles. The van der Waals surface area contributed by atoms with E-state index in [-0.39, 0.29) is 11.0 Å². The van der Waals surface area contributed by atoms with Crippen LogP contribution in [0.1, 0.15) is 25.7 Å². The first-order chi connectivity index (χ1) is 6.95. The van der Waals surface area contributed by atoms with E-state index in [1.54, 1.807) is 0 Å². The molecule has 0 aliphatic heterocycles. The highest BCUT2D eigenvalue weighted by Crippen LogP contribution is 2.29. The summed E-state index contributed by atoms with van der Waals surface area (Å²) in [6, 6.07) is 0. The molecule has 2 unspecified atom stereocenters. The second kappa shape index (κ2) is 5.30. The number of alkyl halides is 3. The lowest BCUT2D eigenvalue weighted by molar-refractivity contribution is -0.165. The summed E-state index contributed by atoms with van der Waals surface area (Å²) in [6.45, 7) is -0.470. The van der Waals surface area contributed by atoms with Crippen LogP contribution in [0.15, 0.2) is 0 Å². The molecule has 2 N–H and O–H groups in total. The maximum absolute atomic E-state index is 12.4. The minimum atomic E-state index is -4.32. The third kappa shape index (κ3) is 3.75. The first kappa shape index (κ1) is 13.0. The number of halogens is 3. The molecule has 0 amide bonds. The minimum Gasteiger partial charge on any atom is -0.330 e. The summed E-state index contributed by atoms with van der Waals surface area (Å²) in [5, 5.41) is -0.0404. The molecule has 0 aromatic heterocycles. The maximum Gasteiger partial charge on any atom is 0.393 e. The van der Waals surface area contributed by atoms with E-state index in [2.05, 4.69) is 0 Å². The fraction of sp³-hybridized carbons (Fsp3) is 1.00. The van der Waals surface area contributed by atoms with E-state index >= 15 is 0 Å². The van der Waals surface area contributed by atoms with Gasteiger partial charge in [-0.1, -0.05) is 12.8 Å². The highest BCUT2D eigenvalue weighted by Gasteiger charge is 2.40. The lowest BCUT2D eigenvalue weighted by Crippen LogP contribution is -2.36. The van der Waals surface area contributed by atoms with Gasteiger partial charge in [-0.15, -0.1) is 0 Å². The Morgan fingerprint density at radius 1 is 1.33 bits per heavy atom. The van der Waals surface area contributed by atoms with Crippen LogP contribution < -0.4 is 5.73 Å². The SMILES string of the molecule is NCC(CS(=O)C1CCCC1)C(F)(F)F. The molecule has 1 fully saturated rings. The smallest absolute Gasteiger partial charge is 0.330 e. The van der Waals surface area contributed by atoms with Crippen LogP contribution in [0.3, 0.4) is 0 Å². The van der Waals surface area contributed by atoms with Crippen molar-refractivity contribution in [3.63, 3.8) is 0 Å². The summed E-state index contributed by atoms with van der Waals surface area (Å²) in [7, 11) is -1.37. The Morgan fingerprint density at radius 2 is 1.87 bits per heavy atom. The average molecular weight is 243 g/mol. The van der Waals surface area contributed by atoms with E-state index in [1.807, 2.05) is 0 Å². The van der Waals surface area contributed by atoms with Gasteiger partial charge in [0.1, 0.15) is 0 Å². The zero-order valence-corrected chi connectivity index (χ0v) is 9.24. The van der Waals surface area contributed by atoms with Crippen LogP contribution in [0.2, 0.25) is 0 Å². The zero-order chi connectivity index (χ0) is 11.5. The number of hydrogen-bond acceptors (Lipinski definition) is 2. The number of rotatable bonds is 4. The van der Waals surface area contributed by atoms with Gasteiger partial charge in [0.2, 0.25) is 0 Å². The lowest BCUT2D eigenvalue weighted by Gasteiger charge is -2.19.